The van der Waals surface area contributed by atoms with Crippen LogP contribution in [0.3, 0.4) is 0 Å². The molecule has 0 rings (SSSR count). The minimum Gasteiger partial charge on any atom is -0.389 e. The number of hydrogen-bond acceptors (Lipinski definition) is 3. The highest BCUT2D eigenvalue weighted by Gasteiger charge is 1.84. The van der Waals surface area contributed by atoms with Gasteiger partial charge < -0.3 is 15.8 Å². The molecule has 0 atom stereocenters. The van der Waals surface area contributed by atoms with Crippen molar-refractivity contribution >= 4 is 9.52 Å². The smallest absolute Gasteiger partial charge is 0.0674 e. The lowest BCUT2D eigenvalue weighted by molar-refractivity contribution is 0.251. The first-order chi connectivity index (χ1) is 4.41. The van der Waals surface area contributed by atoms with Gasteiger partial charge >= 0.3 is 0 Å². The van der Waals surface area contributed by atoms with Gasteiger partial charge in [0, 0.05) is 26.4 Å². The fourth-order valence-corrected chi connectivity index (χ4v) is 1.50. The van der Waals surface area contributed by atoms with E-state index in [-0.39, 0.29) is 9.52 Å². The summed E-state index contributed by atoms with van der Waals surface area (Å²) in [5.74, 6) is 0. The van der Waals surface area contributed by atoms with Crippen LogP contribution in [0.2, 0.25) is 0 Å². The van der Waals surface area contributed by atoms with Crippen molar-refractivity contribution in [3.8, 4) is 0 Å². The lowest BCUT2D eigenvalue weighted by atomic mass is 10.7. The standard InChI is InChI=1S/C5H16N2OSi/c1-8-5-9-4-7-3-2-6/h7H,2-6,9H2,1H3. The van der Waals surface area contributed by atoms with Crippen LogP contribution in [-0.2, 0) is 4.74 Å². The van der Waals surface area contributed by atoms with Gasteiger partial charge in [0.15, 0.2) is 0 Å². The molecule has 0 aromatic rings. The summed E-state index contributed by atoms with van der Waals surface area (Å²) in [7, 11) is 1.75. The van der Waals surface area contributed by atoms with Crippen LogP contribution in [0, 0.1) is 0 Å². The molecular weight excluding hydrogens is 132 g/mol. The van der Waals surface area contributed by atoms with Gasteiger partial charge in [0.2, 0.25) is 0 Å². The second-order valence-electron chi connectivity index (χ2n) is 1.89. The van der Waals surface area contributed by atoms with Crippen molar-refractivity contribution in [1.29, 1.82) is 0 Å². The Morgan fingerprint density at radius 2 is 2.44 bits per heavy atom. The Labute approximate surface area is 58.8 Å². The van der Waals surface area contributed by atoms with Crippen molar-refractivity contribution in [1.82, 2.24) is 5.32 Å². The summed E-state index contributed by atoms with van der Waals surface area (Å²) >= 11 is 0. The molecule has 0 fully saturated rings. The average molecular weight is 148 g/mol. The SMILES string of the molecule is COC[SiH2]CNCCN. The summed E-state index contributed by atoms with van der Waals surface area (Å²) in [6.07, 6.45) is 2.11. The number of ether oxygens (including phenoxy) is 1. The third kappa shape index (κ3) is 8.10. The molecule has 56 valence electrons. The van der Waals surface area contributed by atoms with Crippen LogP contribution in [0.5, 0.6) is 0 Å². The Kier molecular flexibility index (Phi) is 8.18. The highest BCUT2D eigenvalue weighted by Crippen LogP contribution is 1.61. The highest BCUT2D eigenvalue weighted by molar-refractivity contribution is 6.35. The van der Waals surface area contributed by atoms with E-state index in [1.165, 1.54) is 0 Å². The molecule has 0 aromatic heterocycles. The van der Waals surface area contributed by atoms with E-state index in [2.05, 4.69) is 5.32 Å². The highest BCUT2D eigenvalue weighted by atomic mass is 28.2. The zero-order valence-electron chi connectivity index (χ0n) is 6.02. The normalized spacial score (nSPS) is 11.3. The van der Waals surface area contributed by atoms with Crippen molar-refractivity contribution in [2.45, 2.75) is 0 Å². The van der Waals surface area contributed by atoms with Crippen molar-refractivity contribution in [2.24, 2.45) is 5.73 Å². The zero-order valence-corrected chi connectivity index (χ0v) is 7.44. The van der Waals surface area contributed by atoms with Crippen molar-refractivity contribution < 1.29 is 4.74 Å². The summed E-state index contributed by atoms with van der Waals surface area (Å²) < 4.78 is 4.91. The molecule has 0 aliphatic heterocycles. The molecule has 0 aliphatic rings. The van der Waals surface area contributed by atoms with Gasteiger partial charge in [0.1, 0.15) is 0 Å². The Hall–Kier alpha value is 0.0969. The van der Waals surface area contributed by atoms with Gasteiger partial charge in [-0.3, -0.25) is 0 Å². The Morgan fingerprint density at radius 1 is 1.67 bits per heavy atom. The maximum absolute atomic E-state index is 5.26. The number of nitrogens with two attached hydrogens (primary N) is 1. The van der Waals surface area contributed by atoms with Crippen LogP contribution in [0.4, 0.5) is 0 Å². The molecule has 0 saturated heterocycles. The summed E-state index contributed by atoms with van der Waals surface area (Å²) in [5.41, 5.74) is 5.26. The third-order valence-electron chi connectivity index (χ3n) is 1.02. The molecule has 9 heavy (non-hydrogen) atoms. The molecule has 0 amide bonds. The van der Waals surface area contributed by atoms with Gasteiger partial charge in [-0.25, -0.2) is 0 Å². The second kappa shape index (κ2) is 8.10. The van der Waals surface area contributed by atoms with Gasteiger partial charge in [0.25, 0.3) is 0 Å². The van der Waals surface area contributed by atoms with E-state index in [0.29, 0.717) is 0 Å². The first kappa shape index (κ1) is 9.10. The number of nitrogens with one attached hydrogen (secondary N) is 1. The molecule has 0 heterocycles. The van der Waals surface area contributed by atoms with E-state index in [4.69, 9.17) is 10.5 Å². The van der Waals surface area contributed by atoms with E-state index in [1.807, 2.05) is 0 Å². The summed E-state index contributed by atoms with van der Waals surface area (Å²) in [5, 5.41) is 3.23. The van der Waals surface area contributed by atoms with Gasteiger partial charge in [-0.1, -0.05) is 0 Å². The summed E-state index contributed by atoms with van der Waals surface area (Å²) in [4.78, 5) is 0. The molecule has 0 saturated carbocycles. The molecule has 0 aliphatic carbocycles. The van der Waals surface area contributed by atoms with E-state index in [1.54, 1.807) is 7.11 Å². The van der Waals surface area contributed by atoms with Gasteiger partial charge in [0.05, 0.1) is 9.52 Å². The Bertz CT molecular complexity index is 48.2. The van der Waals surface area contributed by atoms with E-state index >= 15 is 0 Å². The van der Waals surface area contributed by atoms with E-state index in [9.17, 15) is 0 Å². The average Bonchev–Trinajstić information content (AvgIpc) is 1.89. The van der Waals surface area contributed by atoms with Crippen molar-refractivity contribution in [3.63, 3.8) is 0 Å². The fourth-order valence-electron chi connectivity index (χ4n) is 0.569. The molecule has 4 heteroatoms. The lowest BCUT2D eigenvalue weighted by Gasteiger charge is -1.99. The quantitative estimate of drug-likeness (QED) is 0.347. The maximum atomic E-state index is 5.26. The van der Waals surface area contributed by atoms with Crippen LogP contribution < -0.4 is 11.1 Å². The van der Waals surface area contributed by atoms with Crippen LogP contribution in [-0.4, -0.2) is 42.1 Å². The van der Waals surface area contributed by atoms with Gasteiger partial charge in [-0.2, -0.15) is 0 Å². The van der Waals surface area contributed by atoms with Crippen LogP contribution in [0.25, 0.3) is 0 Å². The molecule has 0 radical (unpaired) electrons. The fraction of sp³-hybridized carbons (Fsp3) is 1.00. The first-order valence-electron chi connectivity index (χ1n) is 3.31. The molecular formula is C5H16N2OSi. The van der Waals surface area contributed by atoms with Crippen LogP contribution in [0.1, 0.15) is 0 Å². The molecule has 3 N–H and O–H groups in total. The topological polar surface area (TPSA) is 47.3 Å². The van der Waals surface area contributed by atoms with E-state index < -0.39 is 0 Å². The largest absolute Gasteiger partial charge is 0.389 e. The monoisotopic (exact) mass is 148 g/mol. The Balaban J connectivity index is 2.60. The molecule has 0 spiro atoms. The summed E-state index contributed by atoms with van der Waals surface area (Å²) in [6.45, 7) is 1.68. The zero-order chi connectivity index (χ0) is 6.95. The van der Waals surface area contributed by atoms with Crippen LogP contribution in [0.15, 0.2) is 0 Å². The predicted molar refractivity (Wildman–Crippen MR) is 42.3 cm³/mol. The van der Waals surface area contributed by atoms with Crippen molar-refractivity contribution in [2.75, 3.05) is 32.6 Å². The molecule has 0 unspecified atom stereocenters. The number of hydrogen-bond donors (Lipinski definition) is 2. The number of methoxy groups -OCH3 is 1. The first-order valence-corrected chi connectivity index (χ1v) is 5.31. The minimum atomic E-state index is 0.00208. The molecule has 0 bridgehead atoms. The molecule has 0 aromatic carbocycles. The lowest BCUT2D eigenvalue weighted by Crippen LogP contribution is -2.28. The van der Waals surface area contributed by atoms with Crippen LogP contribution >= 0.6 is 0 Å². The second-order valence-corrected chi connectivity index (χ2v) is 3.50. The number of rotatable bonds is 6. The third-order valence-corrected chi connectivity index (χ3v) is 2.43. The van der Waals surface area contributed by atoms with Gasteiger partial charge in [-0.05, 0) is 6.17 Å². The molecule has 3 nitrogen and oxygen atoms in total. The Morgan fingerprint density at radius 3 is 3.00 bits per heavy atom. The maximum Gasteiger partial charge on any atom is 0.0674 e. The van der Waals surface area contributed by atoms with Gasteiger partial charge in [-0.15, -0.1) is 0 Å². The van der Waals surface area contributed by atoms with Crippen molar-refractivity contribution in [3.05, 3.63) is 0 Å². The predicted octanol–water partition coefficient (Wildman–Crippen LogP) is -1.74. The van der Waals surface area contributed by atoms with E-state index in [0.717, 1.165) is 25.5 Å². The summed E-state index contributed by atoms with van der Waals surface area (Å²) in [6, 6.07) is 0. The minimum absolute atomic E-state index is 0.00208.